The van der Waals surface area contributed by atoms with Gasteiger partial charge in [-0.3, -0.25) is 58.8 Å². The molecule has 0 saturated carbocycles. The zero-order valence-electron chi connectivity index (χ0n) is 56.5. The van der Waals surface area contributed by atoms with Crippen LogP contribution in [0.5, 0.6) is 0 Å². The number of pyridine rings is 5. The third kappa shape index (κ3) is 15.4. The number of piperidine rings is 1. The third-order valence-corrected chi connectivity index (χ3v) is 21.1. The Morgan fingerprint density at radius 2 is 0.708 bits per heavy atom. The molecule has 15 rings (SSSR count). The van der Waals surface area contributed by atoms with Crippen molar-refractivity contribution in [2.75, 3.05) is 91.6 Å². The van der Waals surface area contributed by atoms with E-state index in [2.05, 4.69) is 129 Å². The van der Waals surface area contributed by atoms with Crippen LogP contribution in [-0.2, 0) is 70.5 Å². The molecule has 3 aliphatic carbocycles. The van der Waals surface area contributed by atoms with E-state index in [0.717, 1.165) is 154 Å². The van der Waals surface area contributed by atoms with E-state index in [1.54, 1.807) is 31.7 Å². The van der Waals surface area contributed by atoms with Crippen LogP contribution >= 0.6 is 0 Å². The first-order valence-electron chi connectivity index (χ1n) is 35.1. The van der Waals surface area contributed by atoms with Crippen LogP contribution in [0.2, 0.25) is 0 Å². The Balaban J connectivity index is 0.000000130. The normalized spacial score (nSPS) is 19.7. The van der Waals surface area contributed by atoms with E-state index in [0.29, 0.717) is 25.2 Å². The van der Waals surface area contributed by atoms with Gasteiger partial charge in [0.2, 0.25) is 23.6 Å². The molecule has 4 amide bonds. The lowest BCUT2D eigenvalue weighted by molar-refractivity contribution is -0.135. The third-order valence-electron chi connectivity index (χ3n) is 21.1. The van der Waals surface area contributed by atoms with Crippen molar-refractivity contribution in [1.29, 1.82) is 0 Å². The lowest BCUT2D eigenvalue weighted by atomic mass is 9.92. The summed E-state index contributed by atoms with van der Waals surface area (Å²) in [6.07, 6.45) is 22.3. The zero-order valence-corrected chi connectivity index (χ0v) is 56.5. The molecule has 7 aliphatic rings. The number of aromatic nitrogens is 5. The molecule has 496 valence electrons. The summed E-state index contributed by atoms with van der Waals surface area (Å²) in [5.74, 6) is 1.18. The lowest BCUT2D eigenvalue weighted by Crippen LogP contribution is -2.50. The Kier molecular flexibility index (Phi) is 20.9. The molecule has 3 atom stereocenters. The zero-order chi connectivity index (χ0) is 66.1. The number of fused-ring (bicyclic) bond motifs is 6. The number of piperazine rings is 3. The van der Waals surface area contributed by atoms with Crippen molar-refractivity contribution < 1.29 is 19.2 Å². The van der Waals surface area contributed by atoms with Crippen LogP contribution < -0.4 is 0 Å². The summed E-state index contributed by atoms with van der Waals surface area (Å²) in [6.45, 7) is 19.4. The van der Waals surface area contributed by atoms with Crippen molar-refractivity contribution in [2.24, 2.45) is 5.92 Å². The molecule has 16 heteroatoms. The predicted molar refractivity (Wildman–Crippen MR) is 374 cm³/mol. The van der Waals surface area contributed by atoms with Gasteiger partial charge in [-0.2, -0.15) is 0 Å². The van der Waals surface area contributed by atoms with Crippen LogP contribution in [0, 0.1) is 26.7 Å². The Morgan fingerprint density at radius 3 is 1.04 bits per heavy atom. The topological polar surface area (TPSA) is 155 Å². The first kappa shape index (κ1) is 65.8. The van der Waals surface area contributed by atoms with Crippen LogP contribution in [0.4, 0.5) is 0 Å². The van der Waals surface area contributed by atoms with Crippen LogP contribution in [0.15, 0.2) is 159 Å². The fourth-order valence-corrected chi connectivity index (χ4v) is 15.8. The second-order valence-electron chi connectivity index (χ2n) is 27.4. The second-order valence-corrected chi connectivity index (χ2v) is 27.4. The summed E-state index contributed by atoms with van der Waals surface area (Å²) >= 11 is 0. The van der Waals surface area contributed by atoms with Gasteiger partial charge < -0.3 is 19.6 Å². The summed E-state index contributed by atoms with van der Waals surface area (Å²) in [7, 11) is 0. The van der Waals surface area contributed by atoms with E-state index in [9.17, 15) is 19.2 Å². The second kappa shape index (κ2) is 30.5. The number of aryl methyl sites for hydroxylation is 9. The molecule has 16 nitrogen and oxygen atoms in total. The van der Waals surface area contributed by atoms with E-state index in [4.69, 9.17) is 15.0 Å². The highest BCUT2D eigenvalue weighted by atomic mass is 16.2. The molecule has 0 unspecified atom stereocenters. The van der Waals surface area contributed by atoms with Gasteiger partial charge in [0.05, 0.1) is 48.0 Å². The fraction of sp³-hybridized carbons (Fsp3) is 0.412. The Labute approximate surface area is 566 Å². The average molecular weight is 1290 g/mol. The quantitative estimate of drug-likeness (QED) is 0.135. The van der Waals surface area contributed by atoms with Gasteiger partial charge in [0.15, 0.2) is 0 Å². The molecule has 4 fully saturated rings. The highest BCUT2D eigenvalue weighted by Gasteiger charge is 2.37. The van der Waals surface area contributed by atoms with Crippen molar-refractivity contribution in [2.45, 2.75) is 116 Å². The number of hydrogen-bond donors (Lipinski definition) is 0. The van der Waals surface area contributed by atoms with E-state index in [-0.39, 0.29) is 41.8 Å². The molecule has 5 aromatic heterocycles. The van der Waals surface area contributed by atoms with Gasteiger partial charge in [-0.1, -0.05) is 102 Å². The molecule has 0 spiro atoms. The smallest absolute Gasteiger partial charge is 0.227 e. The molecule has 0 radical (unpaired) electrons. The van der Waals surface area contributed by atoms with Crippen LogP contribution in [0.1, 0.15) is 139 Å². The van der Waals surface area contributed by atoms with Gasteiger partial charge in [-0.25, -0.2) is 0 Å². The van der Waals surface area contributed by atoms with Crippen LogP contribution in [0.3, 0.4) is 0 Å². The Hall–Kier alpha value is -8.83. The first-order chi connectivity index (χ1) is 46.9. The highest BCUT2D eigenvalue weighted by Crippen LogP contribution is 2.40. The predicted octanol–water partition coefficient (Wildman–Crippen LogP) is 10.1. The minimum Gasteiger partial charge on any atom is -0.343 e. The van der Waals surface area contributed by atoms with Gasteiger partial charge >= 0.3 is 0 Å². The van der Waals surface area contributed by atoms with E-state index < -0.39 is 0 Å². The summed E-state index contributed by atoms with van der Waals surface area (Å²) in [4.78, 5) is 88.5. The molecule has 9 heterocycles. The number of carbonyl (C=O) groups is 4. The monoisotopic (exact) mass is 1280 g/mol. The number of nitrogens with zero attached hydrogens (tertiary/aromatic N) is 12. The van der Waals surface area contributed by atoms with Crippen molar-refractivity contribution >= 4 is 23.6 Å². The van der Waals surface area contributed by atoms with Gasteiger partial charge in [0.1, 0.15) is 0 Å². The number of likely N-dealkylation sites (tertiary alicyclic amines) is 1. The lowest BCUT2D eigenvalue weighted by Gasteiger charge is -2.40. The minimum atomic E-state index is 0.146. The van der Waals surface area contributed by atoms with Crippen molar-refractivity contribution in [3.63, 3.8) is 0 Å². The maximum atomic E-state index is 13.1. The maximum Gasteiger partial charge on any atom is 0.227 e. The molecule has 0 N–H and O–H groups in total. The van der Waals surface area contributed by atoms with Gasteiger partial charge in [0, 0.05) is 148 Å². The van der Waals surface area contributed by atoms with E-state index >= 15 is 0 Å². The Bertz CT molecular complexity index is 3850. The van der Waals surface area contributed by atoms with Crippen molar-refractivity contribution in [1.82, 2.24) is 59.2 Å². The largest absolute Gasteiger partial charge is 0.343 e. The van der Waals surface area contributed by atoms with Gasteiger partial charge in [0.25, 0.3) is 0 Å². The number of rotatable bonds is 9. The van der Waals surface area contributed by atoms with Crippen LogP contribution in [0.25, 0.3) is 0 Å². The summed E-state index contributed by atoms with van der Waals surface area (Å²) in [5, 5.41) is 0. The molecule has 4 aliphatic heterocycles. The molecule has 96 heavy (non-hydrogen) atoms. The van der Waals surface area contributed by atoms with Gasteiger partial charge in [-0.15, -0.1) is 0 Å². The number of hydrogen-bond acceptors (Lipinski definition) is 12. The number of carbonyl (C=O) groups excluding carboxylic acids is 4. The molecule has 4 saturated heterocycles. The van der Waals surface area contributed by atoms with Crippen molar-refractivity contribution in [3.8, 4) is 0 Å². The maximum absolute atomic E-state index is 13.1. The number of benzene rings is 3. The van der Waals surface area contributed by atoms with Crippen molar-refractivity contribution in [3.05, 3.63) is 254 Å². The highest BCUT2D eigenvalue weighted by molar-refractivity contribution is 5.79. The van der Waals surface area contributed by atoms with E-state index in [1.807, 2.05) is 69.7 Å². The average Bonchev–Trinajstić information content (AvgIpc) is 1.57. The number of amides is 4. The van der Waals surface area contributed by atoms with Gasteiger partial charge in [-0.05, 0) is 170 Å². The molecule has 0 bridgehead atoms. The standard InChI is InChI=1S/C28H36N4O2.2C26H28N4O/c1-20-5-8-25-24(18-20)7-6-23-4-3-11-29-27(23)28(25)32-16-14-31(15-17-32)26(34)19-22-9-12-30(13-10-22)21(2)33;2*1-19-6-9-23-22(16-19)8-7-21-5-3-11-28-25(21)26(23)30-14-12-29(13-15-30)24(31)17-20-4-2-10-27-18-20/h3-5,8,11,18,22,28H,6-7,9-10,12-17,19H2,1-2H3;2*2-6,9-11,16,18,26H,7-8,12-15,17H2,1H3/t28-;2*26-/m110/s1. The molecule has 8 aromatic rings. The van der Waals surface area contributed by atoms with E-state index in [1.165, 1.54) is 83.8 Å². The SMILES string of the molecule is CC(=O)N1CCC(CC(=O)N2CCN([C@@H]3c4ccc(C)cc4CCc4cccnc43)CC2)CC1.Cc1ccc2c(c1)CCc1cccnc1[C@@H]2N1CCN(C(=O)Cc2cccnc2)CC1.Cc1ccc2c(c1)CCc1cccnc1[C@H]2N1CCN(C(=O)Cc2cccnc2)CC1. The summed E-state index contributed by atoms with van der Waals surface area (Å²) in [5.41, 5.74) is 21.9. The summed E-state index contributed by atoms with van der Waals surface area (Å²) in [6, 6.07) is 41.5. The minimum absolute atomic E-state index is 0.146. The first-order valence-corrected chi connectivity index (χ1v) is 35.1. The Morgan fingerprint density at radius 1 is 0.375 bits per heavy atom. The fourth-order valence-electron chi connectivity index (χ4n) is 15.8. The van der Waals surface area contributed by atoms with Crippen LogP contribution in [-0.4, -0.2) is 174 Å². The molecular formula is C80H92N12O4. The molecular weight excluding hydrogens is 1190 g/mol. The summed E-state index contributed by atoms with van der Waals surface area (Å²) < 4.78 is 0. The molecule has 3 aromatic carbocycles.